The minimum atomic E-state index is -0.492. The monoisotopic (exact) mass is 405 g/mol. The average molecular weight is 406 g/mol. The summed E-state index contributed by atoms with van der Waals surface area (Å²) in [4.78, 5) is 30.1. The lowest BCUT2D eigenvalue weighted by molar-refractivity contribution is 0.0263. The second kappa shape index (κ2) is 8.26. The number of benzene rings is 1. The lowest BCUT2D eigenvalue weighted by atomic mass is 10.1. The molecule has 3 aromatic rings. The van der Waals surface area contributed by atoms with Crippen molar-refractivity contribution in [3.05, 3.63) is 48.8 Å². The number of amides is 1. The number of fused-ring (bicyclic) bond motifs is 1. The van der Waals surface area contributed by atoms with Crippen LogP contribution in [0.5, 0.6) is 0 Å². The molecule has 7 nitrogen and oxygen atoms in total. The first-order valence-electron chi connectivity index (χ1n) is 10.3. The van der Waals surface area contributed by atoms with Crippen LogP contribution in [0.25, 0.3) is 22.2 Å². The predicted octanol–water partition coefficient (Wildman–Crippen LogP) is 4.14. The number of hydrogen-bond donors (Lipinski definition) is 0. The van der Waals surface area contributed by atoms with Crippen LogP contribution in [0.2, 0.25) is 0 Å². The second-order valence-electron chi connectivity index (χ2n) is 8.47. The zero-order valence-corrected chi connectivity index (χ0v) is 17.7. The second-order valence-corrected chi connectivity index (χ2v) is 8.47. The molecule has 156 valence electrons. The van der Waals surface area contributed by atoms with Crippen molar-refractivity contribution in [2.45, 2.75) is 32.8 Å². The Morgan fingerprint density at radius 2 is 1.87 bits per heavy atom. The minimum Gasteiger partial charge on any atom is -0.444 e. The lowest BCUT2D eigenvalue weighted by Crippen LogP contribution is -2.39. The number of ether oxygens (including phenoxy) is 1. The number of carbonyl (C=O) groups excluding carboxylic acids is 1. The first-order chi connectivity index (χ1) is 14.4. The predicted molar refractivity (Wildman–Crippen MR) is 117 cm³/mol. The van der Waals surface area contributed by atoms with Gasteiger partial charge in [-0.3, -0.25) is 4.98 Å². The van der Waals surface area contributed by atoms with Crippen molar-refractivity contribution in [2.75, 3.05) is 31.1 Å². The van der Waals surface area contributed by atoms with Gasteiger partial charge in [0, 0.05) is 49.5 Å². The van der Waals surface area contributed by atoms with E-state index in [0.29, 0.717) is 25.6 Å². The summed E-state index contributed by atoms with van der Waals surface area (Å²) in [7, 11) is 0. The quantitative estimate of drug-likeness (QED) is 0.638. The van der Waals surface area contributed by atoms with Crippen LogP contribution in [0.1, 0.15) is 27.2 Å². The molecule has 1 saturated heterocycles. The van der Waals surface area contributed by atoms with Crippen LogP contribution in [0, 0.1) is 0 Å². The Hall–Kier alpha value is -3.22. The lowest BCUT2D eigenvalue weighted by Gasteiger charge is -2.26. The number of rotatable bonds is 2. The van der Waals surface area contributed by atoms with Crippen LogP contribution in [0.3, 0.4) is 0 Å². The Labute approximate surface area is 176 Å². The topological polar surface area (TPSA) is 71.5 Å². The molecule has 0 saturated carbocycles. The van der Waals surface area contributed by atoms with Gasteiger partial charge in [-0.15, -0.1) is 0 Å². The standard InChI is InChI=1S/C23H27N5O2/c1-23(2,3)30-22(29)28-12-6-11-27(13-14-28)21-24-10-9-20(26-21)18-15-17-7-4-5-8-19(17)25-16-18/h4-5,7-10,15-16H,6,11-14H2,1-3H3. The number of nitrogens with zero attached hydrogens (tertiary/aromatic N) is 5. The van der Waals surface area contributed by atoms with E-state index in [-0.39, 0.29) is 6.09 Å². The van der Waals surface area contributed by atoms with Crippen LogP contribution in [-0.4, -0.2) is 57.7 Å². The van der Waals surface area contributed by atoms with Gasteiger partial charge in [0.15, 0.2) is 0 Å². The third kappa shape index (κ3) is 4.67. The molecule has 0 spiro atoms. The summed E-state index contributed by atoms with van der Waals surface area (Å²) >= 11 is 0. The SMILES string of the molecule is CC(C)(C)OC(=O)N1CCCN(c2nccc(-c3cnc4ccccc4c3)n2)CC1. The van der Waals surface area contributed by atoms with Crippen LogP contribution in [0.15, 0.2) is 48.8 Å². The van der Waals surface area contributed by atoms with E-state index in [2.05, 4.69) is 20.9 Å². The van der Waals surface area contributed by atoms with Gasteiger partial charge in [-0.25, -0.2) is 14.8 Å². The Bertz CT molecular complexity index is 1050. The van der Waals surface area contributed by atoms with Crippen LogP contribution < -0.4 is 4.90 Å². The van der Waals surface area contributed by atoms with Crippen molar-refractivity contribution in [1.29, 1.82) is 0 Å². The van der Waals surface area contributed by atoms with Crippen molar-refractivity contribution < 1.29 is 9.53 Å². The van der Waals surface area contributed by atoms with E-state index in [1.54, 1.807) is 11.1 Å². The van der Waals surface area contributed by atoms with E-state index >= 15 is 0 Å². The molecule has 1 amide bonds. The fourth-order valence-electron chi connectivity index (χ4n) is 3.50. The number of pyridine rings is 1. The summed E-state index contributed by atoms with van der Waals surface area (Å²) in [6.45, 7) is 8.36. The number of para-hydroxylation sites is 1. The van der Waals surface area contributed by atoms with Crippen molar-refractivity contribution in [3.63, 3.8) is 0 Å². The molecule has 4 rings (SSSR count). The van der Waals surface area contributed by atoms with Gasteiger partial charge < -0.3 is 14.5 Å². The number of anilines is 1. The maximum atomic E-state index is 12.4. The van der Waals surface area contributed by atoms with Crippen LogP contribution in [0.4, 0.5) is 10.7 Å². The van der Waals surface area contributed by atoms with E-state index in [1.165, 1.54) is 0 Å². The zero-order chi connectivity index (χ0) is 21.1. The van der Waals surface area contributed by atoms with Crippen molar-refractivity contribution in [2.24, 2.45) is 0 Å². The highest BCUT2D eigenvalue weighted by Gasteiger charge is 2.25. The minimum absolute atomic E-state index is 0.263. The van der Waals surface area contributed by atoms with Gasteiger partial charge in [-0.05, 0) is 45.4 Å². The fraction of sp³-hybridized carbons (Fsp3) is 0.391. The summed E-state index contributed by atoms with van der Waals surface area (Å²) in [5.74, 6) is 0.673. The molecule has 1 aromatic carbocycles. The molecular formula is C23H27N5O2. The molecule has 0 atom stereocenters. The number of aromatic nitrogens is 3. The molecule has 7 heteroatoms. The van der Waals surface area contributed by atoms with Gasteiger partial charge in [0.25, 0.3) is 0 Å². The fourth-order valence-corrected chi connectivity index (χ4v) is 3.50. The van der Waals surface area contributed by atoms with E-state index < -0.39 is 5.60 Å². The van der Waals surface area contributed by atoms with Gasteiger partial charge in [-0.2, -0.15) is 0 Å². The number of hydrogen-bond acceptors (Lipinski definition) is 6. The van der Waals surface area contributed by atoms with E-state index in [9.17, 15) is 4.79 Å². The number of carbonyl (C=O) groups is 1. The third-order valence-electron chi connectivity index (χ3n) is 4.96. The van der Waals surface area contributed by atoms with Gasteiger partial charge in [-0.1, -0.05) is 18.2 Å². The van der Waals surface area contributed by atoms with Crippen molar-refractivity contribution in [3.8, 4) is 11.3 Å². The summed E-state index contributed by atoms with van der Waals surface area (Å²) in [5, 5.41) is 1.08. The average Bonchev–Trinajstić information content (AvgIpc) is 2.99. The van der Waals surface area contributed by atoms with Gasteiger partial charge in [0.05, 0.1) is 11.2 Å². The summed E-state index contributed by atoms with van der Waals surface area (Å²) < 4.78 is 5.52. The summed E-state index contributed by atoms with van der Waals surface area (Å²) in [6.07, 6.45) is 4.20. The first kappa shape index (κ1) is 20.1. The Balaban J connectivity index is 1.50. The summed E-state index contributed by atoms with van der Waals surface area (Å²) in [6, 6.07) is 12.0. The van der Waals surface area contributed by atoms with Gasteiger partial charge in [0.1, 0.15) is 5.60 Å². The molecule has 2 aromatic heterocycles. The highest BCUT2D eigenvalue weighted by Crippen LogP contribution is 2.23. The normalized spacial score (nSPS) is 15.2. The summed E-state index contributed by atoms with van der Waals surface area (Å²) in [5.41, 5.74) is 2.27. The smallest absolute Gasteiger partial charge is 0.410 e. The molecule has 0 N–H and O–H groups in total. The molecule has 3 heterocycles. The Kier molecular flexibility index (Phi) is 5.53. The van der Waals surface area contributed by atoms with E-state index in [4.69, 9.17) is 9.72 Å². The van der Waals surface area contributed by atoms with Crippen molar-refractivity contribution >= 4 is 22.9 Å². The maximum Gasteiger partial charge on any atom is 0.410 e. The molecule has 30 heavy (non-hydrogen) atoms. The Morgan fingerprint density at radius 1 is 1.03 bits per heavy atom. The highest BCUT2D eigenvalue weighted by molar-refractivity contribution is 5.82. The largest absolute Gasteiger partial charge is 0.444 e. The van der Waals surface area contributed by atoms with E-state index in [1.807, 2.05) is 57.3 Å². The Morgan fingerprint density at radius 3 is 2.70 bits per heavy atom. The van der Waals surface area contributed by atoms with Crippen LogP contribution >= 0.6 is 0 Å². The molecular weight excluding hydrogens is 378 g/mol. The molecule has 0 bridgehead atoms. The maximum absolute atomic E-state index is 12.4. The molecule has 0 aliphatic carbocycles. The van der Waals surface area contributed by atoms with Gasteiger partial charge >= 0.3 is 6.09 Å². The molecule has 0 radical (unpaired) electrons. The third-order valence-corrected chi connectivity index (χ3v) is 4.96. The molecule has 0 unspecified atom stereocenters. The van der Waals surface area contributed by atoms with E-state index in [0.717, 1.165) is 35.1 Å². The zero-order valence-electron chi connectivity index (χ0n) is 17.7. The van der Waals surface area contributed by atoms with Crippen molar-refractivity contribution in [1.82, 2.24) is 19.9 Å². The highest BCUT2D eigenvalue weighted by atomic mass is 16.6. The molecule has 1 aliphatic rings. The van der Waals surface area contributed by atoms with Crippen LogP contribution in [-0.2, 0) is 4.74 Å². The molecule has 1 fully saturated rings. The first-order valence-corrected chi connectivity index (χ1v) is 10.3. The van der Waals surface area contributed by atoms with Gasteiger partial charge in [0.2, 0.25) is 5.95 Å². The molecule has 1 aliphatic heterocycles.